The molecule has 1 aromatic heterocycles. The number of hydrogen-bond acceptors (Lipinski definition) is 3. The predicted octanol–water partition coefficient (Wildman–Crippen LogP) is 6.97. The molecule has 1 saturated heterocycles. The van der Waals surface area contributed by atoms with E-state index >= 15 is 0 Å². The molecule has 0 spiro atoms. The van der Waals surface area contributed by atoms with Gasteiger partial charge in [-0.25, -0.2) is 9.48 Å². The number of nitrogens with zero attached hydrogens (tertiary/aromatic N) is 3. The van der Waals surface area contributed by atoms with Gasteiger partial charge in [0.05, 0.1) is 5.52 Å². The van der Waals surface area contributed by atoms with Gasteiger partial charge in [-0.2, -0.15) is 5.10 Å². The van der Waals surface area contributed by atoms with E-state index in [4.69, 9.17) is 5.10 Å². The van der Waals surface area contributed by atoms with Crippen LogP contribution in [-0.2, 0) is 10.3 Å². The molecule has 8 heteroatoms. The van der Waals surface area contributed by atoms with E-state index in [1.165, 1.54) is 4.90 Å². The number of fused-ring (bicyclic) bond motifs is 1. The Labute approximate surface area is 246 Å². The van der Waals surface area contributed by atoms with Crippen LogP contribution in [0.2, 0.25) is 0 Å². The Hall–Kier alpha value is -4.43. The van der Waals surface area contributed by atoms with Gasteiger partial charge in [-0.05, 0) is 47.7 Å². The summed E-state index contributed by atoms with van der Waals surface area (Å²) in [6.07, 6.45) is 0.00257. The Morgan fingerprint density at radius 1 is 0.805 bits per heavy atom. The topological polar surface area (TPSA) is 87.5 Å². The average molecular weight is 610 g/mol. The summed E-state index contributed by atoms with van der Waals surface area (Å²) < 4.78 is 2.90. The third kappa shape index (κ3) is 4.89. The molecule has 0 saturated carbocycles. The highest BCUT2D eigenvalue weighted by Crippen LogP contribution is 2.43. The first-order valence-corrected chi connectivity index (χ1v) is 14.4. The number of nitrogens with one attached hydrogen (secondary N) is 1. The lowest BCUT2D eigenvalue weighted by Gasteiger charge is -2.37. The van der Waals surface area contributed by atoms with Crippen molar-refractivity contribution in [3.05, 3.63) is 130 Å². The summed E-state index contributed by atoms with van der Waals surface area (Å²) >= 11 is 3.61. The number of amides is 2. The highest BCUT2D eigenvalue weighted by molar-refractivity contribution is 9.10. The summed E-state index contributed by atoms with van der Waals surface area (Å²) in [7, 11) is 0. The monoisotopic (exact) mass is 608 g/mol. The number of anilines is 1. The molecule has 0 radical (unpaired) electrons. The van der Waals surface area contributed by atoms with Gasteiger partial charge in [0.2, 0.25) is 5.91 Å². The molecule has 0 unspecified atom stereocenters. The van der Waals surface area contributed by atoms with Crippen LogP contribution in [0.1, 0.15) is 29.5 Å². The molecule has 7 nitrogen and oxygen atoms in total. The minimum Gasteiger partial charge on any atom is -0.465 e. The van der Waals surface area contributed by atoms with Crippen LogP contribution in [0.25, 0.3) is 10.9 Å². The van der Waals surface area contributed by atoms with Crippen LogP contribution < -0.4 is 5.32 Å². The SMILES string of the molecule is O=C(Nc1nn(C(c2ccccc2)(c2ccccc2)c2ccccc2)c2ccc(Br)cc12)C1CCN(C(=O)O)CC1. The van der Waals surface area contributed by atoms with Crippen molar-refractivity contribution < 1.29 is 14.7 Å². The fourth-order valence-electron chi connectivity index (χ4n) is 5.90. The van der Waals surface area contributed by atoms with Gasteiger partial charge in [0, 0.05) is 28.9 Å². The van der Waals surface area contributed by atoms with E-state index in [1.54, 1.807) is 0 Å². The molecule has 4 aromatic carbocycles. The van der Waals surface area contributed by atoms with Crippen molar-refractivity contribution in [2.75, 3.05) is 18.4 Å². The van der Waals surface area contributed by atoms with E-state index in [-0.39, 0.29) is 11.8 Å². The number of carboxylic acid groups (broad SMARTS) is 1. The Balaban J connectivity index is 1.54. The molecule has 2 amide bonds. The maximum atomic E-state index is 13.5. The summed E-state index contributed by atoms with van der Waals surface area (Å²) in [5.74, 6) is 0.0329. The summed E-state index contributed by atoms with van der Waals surface area (Å²) in [4.78, 5) is 26.2. The van der Waals surface area contributed by atoms with Gasteiger partial charge < -0.3 is 15.3 Å². The number of likely N-dealkylation sites (tertiary alicyclic amines) is 1. The van der Waals surface area contributed by atoms with Crippen molar-refractivity contribution in [2.24, 2.45) is 5.92 Å². The third-order valence-electron chi connectivity index (χ3n) is 7.91. The smallest absolute Gasteiger partial charge is 0.407 e. The highest BCUT2D eigenvalue weighted by atomic mass is 79.9. The van der Waals surface area contributed by atoms with Crippen molar-refractivity contribution in [2.45, 2.75) is 18.4 Å². The largest absolute Gasteiger partial charge is 0.465 e. The lowest BCUT2D eigenvalue weighted by molar-refractivity contribution is -0.121. The van der Waals surface area contributed by atoms with Crippen LogP contribution in [0.15, 0.2) is 114 Å². The summed E-state index contributed by atoms with van der Waals surface area (Å²) in [5, 5.41) is 18.4. The van der Waals surface area contributed by atoms with Crippen LogP contribution in [0.5, 0.6) is 0 Å². The zero-order valence-electron chi connectivity index (χ0n) is 22.3. The Kier molecular flexibility index (Phi) is 7.32. The van der Waals surface area contributed by atoms with E-state index in [0.717, 1.165) is 32.1 Å². The Morgan fingerprint density at radius 3 is 1.80 bits per heavy atom. The first-order chi connectivity index (χ1) is 20.0. The molecule has 0 bridgehead atoms. The molecular formula is C33H29BrN4O3. The number of benzene rings is 4. The van der Waals surface area contributed by atoms with Crippen molar-refractivity contribution >= 4 is 44.7 Å². The molecule has 6 rings (SSSR count). The molecular weight excluding hydrogens is 580 g/mol. The fraction of sp³-hybridized carbons (Fsp3) is 0.182. The molecule has 5 aromatic rings. The maximum Gasteiger partial charge on any atom is 0.407 e. The summed E-state index contributed by atoms with van der Waals surface area (Å²) in [6.45, 7) is 0.681. The number of carbonyl (C=O) groups excluding carboxylic acids is 1. The van der Waals surface area contributed by atoms with Gasteiger partial charge in [-0.15, -0.1) is 0 Å². The molecule has 206 valence electrons. The number of hydrogen-bond donors (Lipinski definition) is 2. The fourth-order valence-corrected chi connectivity index (χ4v) is 6.26. The second-order valence-corrected chi connectivity index (χ2v) is 11.2. The van der Waals surface area contributed by atoms with E-state index < -0.39 is 11.6 Å². The third-order valence-corrected chi connectivity index (χ3v) is 8.41. The number of halogens is 1. The van der Waals surface area contributed by atoms with Crippen LogP contribution in [0.4, 0.5) is 10.6 Å². The lowest BCUT2D eigenvalue weighted by Crippen LogP contribution is -2.41. The highest BCUT2D eigenvalue weighted by Gasteiger charge is 2.41. The zero-order valence-corrected chi connectivity index (χ0v) is 23.9. The van der Waals surface area contributed by atoms with Gasteiger partial charge in [0.25, 0.3) is 0 Å². The van der Waals surface area contributed by atoms with E-state index in [1.807, 2.05) is 77.5 Å². The number of carbonyl (C=O) groups is 2. The van der Waals surface area contributed by atoms with Crippen molar-refractivity contribution in [1.82, 2.24) is 14.7 Å². The van der Waals surface area contributed by atoms with Gasteiger partial charge in [-0.3, -0.25) is 4.79 Å². The molecule has 2 heterocycles. The van der Waals surface area contributed by atoms with E-state index in [9.17, 15) is 14.7 Å². The molecule has 0 atom stereocenters. The van der Waals surface area contributed by atoms with Gasteiger partial charge >= 0.3 is 6.09 Å². The average Bonchev–Trinajstić information content (AvgIpc) is 3.36. The van der Waals surface area contributed by atoms with Crippen molar-refractivity contribution in [1.29, 1.82) is 0 Å². The summed E-state index contributed by atoms with van der Waals surface area (Å²) in [5.41, 5.74) is 3.11. The second-order valence-electron chi connectivity index (χ2n) is 10.3. The van der Waals surface area contributed by atoms with Crippen molar-refractivity contribution in [3.63, 3.8) is 0 Å². The molecule has 0 aliphatic carbocycles. The zero-order chi connectivity index (χ0) is 28.4. The summed E-state index contributed by atoms with van der Waals surface area (Å²) in [6, 6.07) is 36.9. The van der Waals surface area contributed by atoms with Gasteiger partial charge in [-0.1, -0.05) is 107 Å². The molecule has 41 heavy (non-hydrogen) atoms. The van der Waals surface area contributed by atoms with E-state index in [0.29, 0.717) is 31.7 Å². The van der Waals surface area contributed by atoms with Gasteiger partial charge in [0.1, 0.15) is 5.54 Å². The minimum absolute atomic E-state index is 0.147. The van der Waals surface area contributed by atoms with Gasteiger partial charge in [0.15, 0.2) is 5.82 Å². The maximum absolute atomic E-state index is 13.5. The molecule has 2 N–H and O–H groups in total. The van der Waals surface area contributed by atoms with Crippen molar-refractivity contribution in [3.8, 4) is 0 Å². The number of aromatic nitrogens is 2. The Bertz CT molecular complexity index is 1590. The lowest BCUT2D eigenvalue weighted by atomic mass is 9.77. The standard InChI is InChI=1S/C33H29BrN4O3/c34-27-16-17-29-28(22-27)30(35-31(39)23-18-20-37(21-19-23)32(40)41)36-38(29)33(24-10-4-1-5-11-24,25-12-6-2-7-13-25)26-14-8-3-9-15-26/h1-17,22-23H,18-21H2,(H,40,41)(H,35,36,39). The quantitative estimate of drug-likeness (QED) is 0.204. The molecule has 1 aliphatic heterocycles. The van der Waals surface area contributed by atoms with Crippen LogP contribution >= 0.6 is 15.9 Å². The normalized spacial score (nSPS) is 14.2. The number of rotatable bonds is 6. The predicted molar refractivity (Wildman–Crippen MR) is 163 cm³/mol. The molecule has 1 aliphatic rings. The Morgan fingerprint density at radius 2 is 1.32 bits per heavy atom. The van der Waals surface area contributed by atoms with Crippen LogP contribution in [-0.4, -0.2) is 44.9 Å². The first-order valence-electron chi connectivity index (χ1n) is 13.6. The minimum atomic E-state index is -0.947. The van der Waals surface area contributed by atoms with E-state index in [2.05, 4.69) is 57.6 Å². The van der Waals surface area contributed by atoms with Crippen LogP contribution in [0.3, 0.4) is 0 Å². The first kappa shape index (κ1) is 26.8. The van der Waals surface area contributed by atoms with Crippen LogP contribution in [0, 0.1) is 5.92 Å². The molecule has 1 fully saturated rings. The number of piperidine rings is 1. The second kappa shape index (κ2) is 11.2.